The van der Waals surface area contributed by atoms with Gasteiger partial charge in [0, 0.05) is 12.5 Å². The van der Waals surface area contributed by atoms with Crippen LogP contribution in [0.4, 0.5) is 0 Å². The summed E-state index contributed by atoms with van der Waals surface area (Å²) in [4.78, 5) is 27.7. The monoisotopic (exact) mass is 309 g/mol. The molecule has 21 heavy (non-hydrogen) atoms. The summed E-state index contributed by atoms with van der Waals surface area (Å²) in [6.45, 7) is 1.51. The number of nitrogens with zero attached hydrogens (tertiary/aromatic N) is 1. The Morgan fingerprint density at radius 3 is 2.62 bits per heavy atom. The first-order chi connectivity index (χ1) is 9.96. The van der Waals surface area contributed by atoms with Gasteiger partial charge in [0.15, 0.2) is 11.5 Å². The number of aliphatic carboxylic acids is 1. The Kier molecular flexibility index (Phi) is 4.42. The highest BCUT2D eigenvalue weighted by molar-refractivity contribution is 7.20. The first-order valence-corrected chi connectivity index (χ1v) is 7.06. The SMILES string of the molecule is COc1cc2sc(C(=O)CC(C)C(=O)O)cc2nc1OC. The third kappa shape index (κ3) is 3.13. The highest BCUT2D eigenvalue weighted by Crippen LogP contribution is 2.34. The number of aromatic nitrogens is 1. The van der Waals surface area contributed by atoms with E-state index in [2.05, 4.69) is 4.98 Å². The van der Waals surface area contributed by atoms with Crippen molar-refractivity contribution >= 4 is 33.3 Å². The predicted molar refractivity (Wildman–Crippen MR) is 78.5 cm³/mol. The van der Waals surface area contributed by atoms with Crippen LogP contribution in [-0.4, -0.2) is 36.1 Å². The number of hydrogen-bond acceptors (Lipinski definition) is 6. The maximum absolute atomic E-state index is 12.1. The van der Waals surface area contributed by atoms with Crippen molar-refractivity contribution in [1.82, 2.24) is 4.98 Å². The molecule has 0 aliphatic rings. The number of pyridine rings is 1. The number of ether oxygens (including phenoxy) is 2. The molecule has 2 rings (SSSR count). The molecule has 0 fully saturated rings. The minimum absolute atomic E-state index is 0.0313. The average Bonchev–Trinajstić information content (AvgIpc) is 2.88. The van der Waals surface area contributed by atoms with Crippen molar-refractivity contribution in [3.63, 3.8) is 0 Å². The van der Waals surface area contributed by atoms with Gasteiger partial charge in [-0.2, -0.15) is 0 Å². The van der Waals surface area contributed by atoms with Crippen LogP contribution in [0.25, 0.3) is 10.2 Å². The van der Waals surface area contributed by atoms with E-state index in [0.717, 1.165) is 4.70 Å². The third-order valence-corrected chi connectivity index (χ3v) is 4.15. The van der Waals surface area contributed by atoms with E-state index in [1.807, 2.05) is 0 Å². The summed E-state index contributed by atoms with van der Waals surface area (Å²) in [5, 5.41) is 8.86. The van der Waals surface area contributed by atoms with E-state index in [-0.39, 0.29) is 12.2 Å². The van der Waals surface area contributed by atoms with Crippen LogP contribution in [0.5, 0.6) is 11.6 Å². The van der Waals surface area contributed by atoms with Gasteiger partial charge in [-0.25, -0.2) is 4.98 Å². The minimum Gasteiger partial charge on any atom is -0.491 e. The first-order valence-electron chi connectivity index (χ1n) is 6.24. The number of thiophene rings is 1. The molecule has 0 saturated heterocycles. The highest BCUT2D eigenvalue weighted by atomic mass is 32.1. The number of fused-ring (bicyclic) bond motifs is 1. The molecular weight excluding hydrogens is 294 g/mol. The van der Waals surface area contributed by atoms with Crippen molar-refractivity contribution in [1.29, 1.82) is 0 Å². The van der Waals surface area contributed by atoms with Gasteiger partial charge in [-0.05, 0) is 6.07 Å². The summed E-state index contributed by atoms with van der Waals surface area (Å²) in [5.41, 5.74) is 0.629. The van der Waals surface area contributed by atoms with E-state index in [1.54, 1.807) is 12.1 Å². The van der Waals surface area contributed by atoms with Gasteiger partial charge in [0.05, 0.1) is 35.2 Å². The van der Waals surface area contributed by atoms with Gasteiger partial charge in [0.2, 0.25) is 0 Å². The zero-order chi connectivity index (χ0) is 15.6. The van der Waals surface area contributed by atoms with Gasteiger partial charge in [-0.1, -0.05) is 6.92 Å². The fraction of sp³-hybridized carbons (Fsp3) is 0.357. The van der Waals surface area contributed by atoms with Gasteiger partial charge in [-0.3, -0.25) is 9.59 Å². The zero-order valence-electron chi connectivity index (χ0n) is 11.9. The predicted octanol–water partition coefficient (Wildman–Crippen LogP) is 2.61. The number of rotatable bonds is 6. The maximum atomic E-state index is 12.1. The Bertz CT molecular complexity index is 653. The summed E-state index contributed by atoms with van der Waals surface area (Å²) in [6, 6.07) is 3.40. The van der Waals surface area contributed by atoms with E-state index >= 15 is 0 Å². The van der Waals surface area contributed by atoms with Gasteiger partial charge in [0.1, 0.15) is 0 Å². The Hall–Kier alpha value is -2.15. The van der Waals surface area contributed by atoms with Crippen LogP contribution in [-0.2, 0) is 4.79 Å². The molecule has 0 aliphatic heterocycles. The smallest absolute Gasteiger partial charge is 0.306 e. The third-order valence-electron chi connectivity index (χ3n) is 3.04. The molecular formula is C14H15NO5S. The molecule has 1 unspecified atom stereocenters. The van der Waals surface area contributed by atoms with Crippen LogP contribution in [0, 0.1) is 5.92 Å². The lowest BCUT2D eigenvalue weighted by atomic mass is 10.0. The Morgan fingerprint density at radius 1 is 1.33 bits per heavy atom. The van der Waals surface area contributed by atoms with Crippen LogP contribution in [0.15, 0.2) is 12.1 Å². The lowest BCUT2D eigenvalue weighted by Crippen LogP contribution is -2.13. The fourth-order valence-corrected chi connectivity index (χ4v) is 2.81. The molecule has 0 bridgehead atoms. The molecule has 1 atom stereocenters. The number of ketones is 1. The van der Waals surface area contributed by atoms with Crippen molar-refractivity contribution in [3.05, 3.63) is 17.0 Å². The van der Waals surface area contributed by atoms with Gasteiger partial charge in [-0.15, -0.1) is 11.3 Å². The topological polar surface area (TPSA) is 85.7 Å². The van der Waals surface area contributed by atoms with Crippen molar-refractivity contribution in [2.75, 3.05) is 14.2 Å². The highest BCUT2D eigenvalue weighted by Gasteiger charge is 2.20. The summed E-state index contributed by atoms with van der Waals surface area (Å²) in [5.74, 6) is -1.05. The fourth-order valence-electron chi connectivity index (χ4n) is 1.83. The van der Waals surface area contributed by atoms with Gasteiger partial charge < -0.3 is 14.6 Å². The van der Waals surface area contributed by atoms with Crippen molar-refractivity contribution < 1.29 is 24.2 Å². The number of carboxylic acid groups (broad SMARTS) is 1. The number of hydrogen-bond donors (Lipinski definition) is 1. The summed E-state index contributed by atoms with van der Waals surface area (Å²) >= 11 is 1.27. The lowest BCUT2D eigenvalue weighted by Gasteiger charge is -2.05. The Labute approximate surface area is 125 Å². The molecule has 7 heteroatoms. The summed E-state index contributed by atoms with van der Waals surface area (Å²) < 4.78 is 11.1. The summed E-state index contributed by atoms with van der Waals surface area (Å²) in [7, 11) is 3.00. The molecule has 0 spiro atoms. The number of carbonyl (C=O) groups excluding carboxylic acids is 1. The van der Waals surface area contributed by atoms with Crippen LogP contribution in [0.1, 0.15) is 23.0 Å². The molecule has 0 radical (unpaired) electrons. The van der Waals surface area contributed by atoms with Crippen LogP contribution in [0.3, 0.4) is 0 Å². The molecule has 0 aromatic carbocycles. The van der Waals surface area contributed by atoms with Gasteiger partial charge >= 0.3 is 5.97 Å². The molecule has 0 amide bonds. The molecule has 0 aliphatic carbocycles. The maximum Gasteiger partial charge on any atom is 0.306 e. The van der Waals surface area contributed by atoms with Gasteiger partial charge in [0.25, 0.3) is 5.88 Å². The number of carbonyl (C=O) groups is 2. The number of methoxy groups -OCH3 is 2. The second kappa shape index (κ2) is 6.09. The first kappa shape index (κ1) is 15.2. The van der Waals surface area contributed by atoms with Crippen molar-refractivity contribution in [2.45, 2.75) is 13.3 Å². The standard InChI is InChI=1S/C14H15NO5S/c1-7(14(17)18)4-9(16)12-5-8-11(21-12)6-10(19-2)13(15-8)20-3/h5-7H,4H2,1-3H3,(H,17,18). The normalized spacial score (nSPS) is 12.1. The van der Waals surface area contributed by atoms with Crippen molar-refractivity contribution in [3.8, 4) is 11.6 Å². The minimum atomic E-state index is -0.981. The van der Waals surface area contributed by atoms with Crippen molar-refractivity contribution in [2.24, 2.45) is 5.92 Å². The second-order valence-corrected chi connectivity index (χ2v) is 5.64. The van der Waals surface area contributed by atoms with E-state index in [1.165, 1.54) is 32.5 Å². The van der Waals surface area contributed by atoms with E-state index in [4.69, 9.17) is 14.6 Å². The molecule has 112 valence electrons. The quantitative estimate of drug-likeness (QED) is 0.825. The number of Topliss-reactive ketones (excluding diaryl/α,β-unsaturated/α-hetero) is 1. The van der Waals surface area contributed by atoms with E-state index in [0.29, 0.717) is 22.0 Å². The van der Waals surface area contributed by atoms with E-state index in [9.17, 15) is 9.59 Å². The molecule has 2 aromatic heterocycles. The lowest BCUT2D eigenvalue weighted by molar-refractivity contribution is -0.141. The van der Waals surface area contributed by atoms with Crippen LogP contribution >= 0.6 is 11.3 Å². The average molecular weight is 309 g/mol. The number of carboxylic acids is 1. The molecule has 6 nitrogen and oxygen atoms in total. The zero-order valence-corrected chi connectivity index (χ0v) is 12.7. The second-order valence-electron chi connectivity index (χ2n) is 4.56. The van der Waals surface area contributed by atoms with Crippen LogP contribution in [0.2, 0.25) is 0 Å². The summed E-state index contributed by atoms with van der Waals surface area (Å²) in [6.07, 6.45) is -0.0313. The van der Waals surface area contributed by atoms with E-state index < -0.39 is 11.9 Å². The Morgan fingerprint density at radius 2 is 2.05 bits per heavy atom. The largest absolute Gasteiger partial charge is 0.491 e. The Balaban J connectivity index is 2.34. The van der Waals surface area contributed by atoms with Crippen LogP contribution < -0.4 is 9.47 Å². The molecule has 0 saturated carbocycles. The molecule has 2 heterocycles. The molecule has 2 aromatic rings. The molecule has 1 N–H and O–H groups in total.